The maximum absolute atomic E-state index is 12.3. The zero-order valence-corrected chi connectivity index (χ0v) is 14.8. The largest absolute Gasteiger partial charge is 0.277 e. The van der Waals surface area contributed by atoms with Crippen LogP contribution < -0.4 is 4.72 Å². The molecule has 0 unspecified atom stereocenters. The van der Waals surface area contributed by atoms with E-state index in [1.54, 1.807) is 0 Å². The van der Waals surface area contributed by atoms with Crippen LogP contribution in [0.2, 0.25) is 15.2 Å². The molecule has 9 heteroatoms. The summed E-state index contributed by atoms with van der Waals surface area (Å²) < 4.78 is 27.4. The van der Waals surface area contributed by atoms with E-state index in [2.05, 4.69) is 9.71 Å². The van der Waals surface area contributed by atoms with E-state index in [1.165, 1.54) is 30.3 Å². The first kappa shape index (κ1) is 16.1. The minimum Gasteiger partial charge on any atom is -0.277 e. The molecule has 0 radical (unpaired) electrons. The Morgan fingerprint density at radius 3 is 2.45 bits per heavy atom. The van der Waals surface area contributed by atoms with Crippen molar-refractivity contribution < 1.29 is 8.42 Å². The average Bonchev–Trinajstić information content (AvgIpc) is 2.36. The monoisotopic (exact) mass is 462 g/mol. The Bertz CT molecular complexity index is 768. The number of halogens is 4. The van der Waals surface area contributed by atoms with E-state index in [9.17, 15) is 8.42 Å². The van der Waals surface area contributed by atoms with Gasteiger partial charge in [-0.15, -0.1) is 0 Å². The Kier molecular flexibility index (Phi) is 5.01. The third kappa shape index (κ3) is 3.48. The Balaban J connectivity index is 2.44. The molecule has 0 aliphatic rings. The average molecular weight is 464 g/mol. The SMILES string of the molecule is O=S(=O)(Nc1ccc(Cl)nc1I)c1cccc(Cl)c1Cl. The van der Waals surface area contributed by atoms with Gasteiger partial charge in [0.2, 0.25) is 0 Å². The molecule has 0 amide bonds. The molecule has 0 fully saturated rings. The summed E-state index contributed by atoms with van der Waals surface area (Å²) in [4.78, 5) is 3.86. The van der Waals surface area contributed by atoms with Crippen LogP contribution in [0.4, 0.5) is 5.69 Å². The van der Waals surface area contributed by atoms with Gasteiger partial charge in [-0.25, -0.2) is 13.4 Å². The van der Waals surface area contributed by atoms with Crippen molar-refractivity contribution in [1.29, 1.82) is 0 Å². The number of benzene rings is 1. The van der Waals surface area contributed by atoms with Crippen molar-refractivity contribution in [1.82, 2.24) is 4.98 Å². The molecule has 1 N–H and O–H groups in total. The van der Waals surface area contributed by atoms with Gasteiger partial charge in [0.25, 0.3) is 10.0 Å². The molecule has 2 rings (SSSR count). The molecule has 0 saturated heterocycles. The molecule has 1 heterocycles. The number of sulfonamides is 1. The van der Waals surface area contributed by atoms with Gasteiger partial charge in [0.1, 0.15) is 13.7 Å². The Labute approximate surface area is 144 Å². The summed E-state index contributed by atoms with van der Waals surface area (Å²) in [5.74, 6) is 0. The predicted molar refractivity (Wildman–Crippen MR) is 89.2 cm³/mol. The van der Waals surface area contributed by atoms with Crippen LogP contribution in [0, 0.1) is 3.70 Å². The van der Waals surface area contributed by atoms with Crippen molar-refractivity contribution in [2.75, 3.05) is 4.72 Å². The van der Waals surface area contributed by atoms with Crippen LogP contribution in [0.3, 0.4) is 0 Å². The van der Waals surface area contributed by atoms with E-state index in [1.807, 2.05) is 22.6 Å². The summed E-state index contributed by atoms with van der Waals surface area (Å²) in [6.45, 7) is 0. The molecule has 20 heavy (non-hydrogen) atoms. The maximum atomic E-state index is 12.3. The Hall–Kier alpha value is -0.280. The Morgan fingerprint density at radius 2 is 1.80 bits per heavy atom. The number of nitrogens with one attached hydrogen (secondary N) is 1. The maximum Gasteiger partial charge on any atom is 0.263 e. The van der Waals surface area contributed by atoms with Crippen molar-refractivity contribution in [2.24, 2.45) is 0 Å². The molecular weight excluding hydrogens is 457 g/mol. The van der Waals surface area contributed by atoms with Crippen molar-refractivity contribution in [3.63, 3.8) is 0 Å². The highest BCUT2D eigenvalue weighted by Crippen LogP contribution is 2.30. The second-order valence-corrected chi connectivity index (χ2v) is 7.47. The highest BCUT2D eigenvalue weighted by molar-refractivity contribution is 14.1. The van der Waals surface area contributed by atoms with Gasteiger partial charge in [-0.2, -0.15) is 0 Å². The highest BCUT2D eigenvalue weighted by Gasteiger charge is 2.20. The summed E-state index contributed by atoms with van der Waals surface area (Å²) in [6.07, 6.45) is 0. The van der Waals surface area contributed by atoms with Crippen LogP contribution in [0.25, 0.3) is 0 Å². The highest BCUT2D eigenvalue weighted by atomic mass is 127. The summed E-state index contributed by atoms with van der Waals surface area (Å²) >= 11 is 19.3. The predicted octanol–water partition coefficient (Wildman–Crippen LogP) is 4.45. The topological polar surface area (TPSA) is 59.1 Å². The lowest BCUT2D eigenvalue weighted by molar-refractivity contribution is 0.601. The van der Waals surface area contributed by atoms with Gasteiger partial charge >= 0.3 is 0 Å². The number of hydrogen-bond acceptors (Lipinski definition) is 3. The number of rotatable bonds is 3. The molecule has 0 aliphatic heterocycles. The summed E-state index contributed by atoms with van der Waals surface area (Å²) in [7, 11) is -3.86. The van der Waals surface area contributed by atoms with Crippen LogP contribution in [0.5, 0.6) is 0 Å². The van der Waals surface area contributed by atoms with E-state index < -0.39 is 10.0 Å². The summed E-state index contributed by atoms with van der Waals surface area (Å²) in [5.41, 5.74) is 0.311. The molecule has 0 bridgehead atoms. The van der Waals surface area contributed by atoms with Gasteiger partial charge in [0.05, 0.1) is 15.7 Å². The first-order chi connectivity index (χ1) is 9.31. The van der Waals surface area contributed by atoms with Gasteiger partial charge in [-0.05, 0) is 46.9 Å². The Morgan fingerprint density at radius 1 is 1.10 bits per heavy atom. The van der Waals surface area contributed by atoms with Crippen molar-refractivity contribution in [3.05, 3.63) is 49.2 Å². The molecule has 0 aliphatic carbocycles. The van der Waals surface area contributed by atoms with Gasteiger partial charge in [0, 0.05) is 0 Å². The van der Waals surface area contributed by atoms with Gasteiger partial charge in [0.15, 0.2) is 0 Å². The zero-order chi connectivity index (χ0) is 14.9. The second-order valence-electron chi connectivity index (χ2n) is 3.63. The van der Waals surface area contributed by atoms with E-state index in [0.717, 1.165) is 0 Å². The first-order valence-corrected chi connectivity index (χ1v) is 8.80. The molecule has 1 aromatic carbocycles. The third-order valence-corrected chi connectivity index (χ3v) is 5.64. The fourth-order valence-electron chi connectivity index (χ4n) is 1.38. The smallest absolute Gasteiger partial charge is 0.263 e. The van der Waals surface area contributed by atoms with Crippen molar-refractivity contribution >= 4 is 73.1 Å². The van der Waals surface area contributed by atoms with Gasteiger partial charge in [-0.1, -0.05) is 40.9 Å². The van der Waals surface area contributed by atoms with Crippen LogP contribution in [-0.2, 0) is 10.0 Å². The molecule has 0 spiro atoms. The third-order valence-electron chi connectivity index (χ3n) is 2.26. The van der Waals surface area contributed by atoms with Gasteiger partial charge in [-0.3, -0.25) is 4.72 Å². The zero-order valence-electron chi connectivity index (χ0n) is 9.57. The van der Waals surface area contributed by atoms with Crippen LogP contribution in [0.15, 0.2) is 35.2 Å². The minimum atomic E-state index is -3.86. The number of aromatic nitrogens is 1. The molecule has 0 saturated carbocycles. The number of anilines is 1. The quantitative estimate of drug-likeness (QED) is 0.541. The standard InChI is InChI=1S/C11H6Cl3IN2O2S/c12-6-2-1-3-8(10(6)14)20(18,19)17-7-4-5-9(13)16-11(7)15/h1-5,17H. The van der Waals surface area contributed by atoms with Crippen LogP contribution in [0.1, 0.15) is 0 Å². The van der Waals surface area contributed by atoms with Crippen LogP contribution in [-0.4, -0.2) is 13.4 Å². The van der Waals surface area contributed by atoms with E-state index in [-0.39, 0.29) is 20.1 Å². The van der Waals surface area contributed by atoms with Crippen LogP contribution >= 0.6 is 57.4 Å². The lowest BCUT2D eigenvalue weighted by Gasteiger charge is -2.11. The van der Waals surface area contributed by atoms with Crippen molar-refractivity contribution in [2.45, 2.75) is 4.90 Å². The second kappa shape index (κ2) is 6.23. The van der Waals surface area contributed by atoms with Crippen molar-refractivity contribution in [3.8, 4) is 0 Å². The van der Waals surface area contributed by atoms with Gasteiger partial charge < -0.3 is 0 Å². The fraction of sp³-hybridized carbons (Fsp3) is 0. The molecule has 106 valence electrons. The lowest BCUT2D eigenvalue weighted by atomic mass is 10.4. The lowest BCUT2D eigenvalue weighted by Crippen LogP contribution is -2.14. The summed E-state index contributed by atoms with van der Waals surface area (Å²) in [6, 6.07) is 7.39. The number of hydrogen-bond donors (Lipinski definition) is 1. The number of pyridine rings is 1. The molecule has 1 aromatic heterocycles. The summed E-state index contributed by atoms with van der Waals surface area (Å²) in [5, 5.41) is 0.412. The molecule has 0 atom stereocenters. The van der Waals surface area contributed by atoms with E-state index in [0.29, 0.717) is 9.39 Å². The molecule has 4 nitrogen and oxygen atoms in total. The normalized spacial score (nSPS) is 11.4. The molecule has 2 aromatic rings. The fourth-order valence-corrected chi connectivity index (χ4v) is 4.26. The minimum absolute atomic E-state index is 0.0291. The first-order valence-electron chi connectivity index (χ1n) is 5.10. The number of nitrogens with zero attached hydrogens (tertiary/aromatic N) is 1. The van der Waals surface area contributed by atoms with E-state index in [4.69, 9.17) is 34.8 Å². The van der Waals surface area contributed by atoms with E-state index >= 15 is 0 Å². The molecular formula is C11H6Cl3IN2O2S.